The van der Waals surface area contributed by atoms with Crippen molar-refractivity contribution in [2.45, 2.75) is 38.6 Å². The first-order valence-electron chi connectivity index (χ1n) is 6.24. The summed E-state index contributed by atoms with van der Waals surface area (Å²) in [6, 6.07) is 0.370. The monoisotopic (exact) mass is 214 g/mol. The Morgan fingerprint density at radius 3 is 2.93 bits per heavy atom. The van der Waals surface area contributed by atoms with Gasteiger partial charge in [-0.05, 0) is 45.2 Å². The first kappa shape index (κ1) is 12.9. The molecule has 1 fully saturated rings. The minimum atomic E-state index is 0.370. The highest BCUT2D eigenvalue weighted by atomic mass is 16.5. The Bertz CT molecular complexity index is 158. The molecule has 3 nitrogen and oxygen atoms in total. The summed E-state index contributed by atoms with van der Waals surface area (Å²) in [4.78, 5) is 2.40. The van der Waals surface area contributed by atoms with E-state index in [1.807, 2.05) is 0 Å². The Labute approximate surface area is 94.0 Å². The van der Waals surface area contributed by atoms with E-state index < -0.39 is 0 Å². The zero-order valence-corrected chi connectivity index (χ0v) is 10.2. The molecule has 0 saturated carbocycles. The van der Waals surface area contributed by atoms with Crippen molar-refractivity contribution in [3.8, 4) is 0 Å². The summed E-state index contributed by atoms with van der Waals surface area (Å²) in [6.45, 7) is 6.34. The molecule has 0 aromatic heterocycles. The molecule has 0 spiro atoms. The lowest BCUT2D eigenvalue weighted by atomic mass is 10.0. The molecule has 1 heterocycles. The van der Waals surface area contributed by atoms with Gasteiger partial charge >= 0.3 is 0 Å². The van der Waals surface area contributed by atoms with Gasteiger partial charge in [-0.1, -0.05) is 6.92 Å². The van der Waals surface area contributed by atoms with Gasteiger partial charge in [-0.15, -0.1) is 0 Å². The Balaban J connectivity index is 2.08. The molecule has 0 amide bonds. The van der Waals surface area contributed by atoms with E-state index in [2.05, 4.69) is 18.9 Å². The SMILES string of the molecule is CCC(N)CCN(C)CC1CCCOC1. The standard InChI is InChI=1S/C12H26N2O/c1-3-12(13)6-7-14(2)9-11-5-4-8-15-10-11/h11-12H,3-10,13H2,1-2H3. The van der Waals surface area contributed by atoms with Gasteiger partial charge < -0.3 is 15.4 Å². The number of rotatable bonds is 6. The molecule has 2 atom stereocenters. The zero-order valence-electron chi connectivity index (χ0n) is 10.2. The van der Waals surface area contributed by atoms with Crippen LogP contribution < -0.4 is 5.73 Å². The van der Waals surface area contributed by atoms with Crippen molar-refractivity contribution < 1.29 is 4.74 Å². The maximum absolute atomic E-state index is 5.90. The highest BCUT2D eigenvalue weighted by Gasteiger charge is 2.15. The first-order valence-corrected chi connectivity index (χ1v) is 6.24. The van der Waals surface area contributed by atoms with E-state index >= 15 is 0 Å². The van der Waals surface area contributed by atoms with Gasteiger partial charge in [0.05, 0.1) is 6.61 Å². The maximum atomic E-state index is 5.90. The Morgan fingerprint density at radius 2 is 2.33 bits per heavy atom. The van der Waals surface area contributed by atoms with Crippen LogP contribution in [0.25, 0.3) is 0 Å². The van der Waals surface area contributed by atoms with Crippen LogP contribution in [0.4, 0.5) is 0 Å². The van der Waals surface area contributed by atoms with Crippen molar-refractivity contribution in [1.82, 2.24) is 4.90 Å². The Hall–Kier alpha value is -0.120. The second-order valence-electron chi connectivity index (χ2n) is 4.80. The van der Waals surface area contributed by atoms with Crippen LogP contribution in [-0.4, -0.2) is 44.3 Å². The summed E-state index contributed by atoms with van der Waals surface area (Å²) in [5.74, 6) is 0.738. The molecule has 0 aromatic rings. The van der Waals surface area contributed by atoms with E-state index in [9.17, 15) is 0 Å². The van der Waals surface area contributed by atoms with E-state index in [4.69, 9.17) is 10.5 Å². The number of nitrogens with zero attached hydrogens (tertiary/aromatic N) is 1. The van der Waals surface area contributed by atoms with Crippen LogP contribution >= 0.6 is 0 Å². The molecule has 15 heavy (non-hydrogen) atoms. The second kappa shape index (κ2) is 7.20. The van der Waals surface area contributed by atoms with Gasteiger partial charge in [-0.3, -0.25) is 0 Å². The average Bonchev–Trinajstić information content (AvgIpc) is 2.27. The molecule has 0 aliphatic carbocycles. The van der Waals surface area contributed by atoms with Gasteiger partial charge in [-0.2, -0.15) is 0 Å². The van der Waals surface area contributed by atoms with Crippen LogP contribution in [0.5, 0.6) is 0 Å². The summed E-state index contributed by atoms with van der Waals surface area (Å²) in [5, 5.41) is 0. The van der Waals surface area contributed by atoms with Gasteiger partial charge in [0.15, 0.2) is 0 Å². The van der Waals surface area contributed by atoms with E-state index in [0.29, 0.717) is 6.04 Å². The molecular weight excluding hydrogens is 188 g/mol. The lowest BCUT2D eigenvalue weighted by molar-refractivity contribution is 0.0417. The van der Waals surface area contributed by atoms with Crippen molar-refractivity contribution in [3.05, 3.63) is 0 Å². The Kier molecular flexibility index (Phi) is 6.22. The van der Waals surface area contributed by atoms with Crippen LogP contribution in [-0.2, 0) is 4.74 Å². The highest BCUT2D eigenvalue weighted by Crippen LogP contribution is 2.14. The van der Waals surface area contributed by atoms with Crippen molar-refractivity contribution in [2.75, 3.05) is 33.4 Å². The largest absolute Gasteiger partial charge is 0.381 e. The number of ether oxygens (including phenoxy) is 1. The molecule has 0 radical (unpaired) electrons. The minimum absolute atomic E-state index is 0.370. The van der Waals surface area contributed by atoms with Crippen LogP contribution in [0.15, 0.2) is 0 Å². The zero-order chi connectivity index (χ0) is 11.1. The molecule has 0 bridgehead atoms. The Morgan fingerprint density at radius 1 is 1.53 bits per heavy atom. The predicted molar refractivity (Wildman–Crippen MR) is 63.9 cm³/mol. The lowest BCUT2D eigenvalue weighted by Crippen LogP contribution is -2.33. The third-order valence-corrected chi connectivity index (χ3v) is 3.23. The second-order valence-corrected chi connectivity index (χ2v) is 4.80. The van der Waals surface area contributed by atoms with E-state index in [0.717, 1.165) is 45.1 Å². The normalized spacial score (nSPS) is 24.4. The smallest absolute Gasteiger partial charge is 0.0506 e. The van der Waals surface area contributed by atoms with Gasteiger partial charge in [0.25, 0.3) is 0 Å². The summed E-state index contributed by atoms with van der Waals surface area (Å²) >= 11 is 0. The van der Waals surface area contributed by atoms with Gasteiger partial charge in [0.2, 0.25) is 0 Å². The molecule has 1 aliphatic rings. The van der Waals surface area contributed by atoms with E-state index in [1.54, 1.807) is 0 Å². The molecule has 0 aromatic carbocycles. The highest BCUT2D eigenvalue weighted by molar-refractivity contribution is 4.68. The van der Waals surface area contributed by atoms with Gasteiger partial charge in [-0.25, -0.2) is 0 Å². The summed E-state index contributed by atoms with van der Waals surface area (Å²) in [5.41, 5.74) is 5.90. The molecule has 1 aliphatic heterocycles. The molecule has 1 saturated heterocycles. The third-order valence-electron chi connectivity index (χ3n) is 3.23. The average molecular weight is 214 g/mol. The summed E-state index contributed by atoms with van der Waals surface area (Å²) < 4.78 is 5.48. The molecule has 2 unspecified atom stereocenters. The predicted octanol–water partition coefficient (Wildman–Crippen LogP) is 1.47. The third kappa shape index (κ3) is 5.50. The van der Waals surface area contributed by atoms with E-state index in [-0.39, 0.29) is 0 Å². The summed E-state index contributed by atoms with van der Waals surface area (Å²) in [7, 11) is 2.19. The molecular formula is C12H26N2O. The molecule has 90 valence electrons. The fourth-order valence-electron chi connectivity index (χ4n) is 2.07. The maximum Gasteiger partial charge on any atom is 0.0506 e. The van der Waals surface area contributed by atoms with Crippen molar-refractivity contribution >= 4 is 0 Å². The lowest BCUT2D eigenvalue weighted by Gasteiger charge is -2.27. The van der Waals surface area contributed by atoms with Crippen LogP contribution in [0.1, 0.15) is 32.6 Å². The van der Waals surface area contributed by atoms with Gasteiger partial charge in [0, 0.05) is 19.2 Å². The fraction of sp³-hybridized carbons (Fsp3) is 1.00. The van der Waals surface area contributed by atoms with Gasteiger partial charge in [0.1, 0.15) is 0 Å². The minimum Gasteiger partial charge on any atom is -0.381 e. The molecule has 3 heteroatoms. The van der Waals surface area contributed by atoms with Crippen molar-refractivity contribution in [1.29, 1.82) is 0 Å². The molecule has 1 rings (SSSR count). The summed E-state index contributed by atoms with van der Waals surface area (Å²) in [6.07, 6.45) is 4.75. The number of hydrogen-bond donors (Lipinski definition) is 1. The van der Waals surface area contributed by atoms with Crippen LogP contribution in [0.3, 0.4) is 0 Å². The number of hydrogen-bond acceptors (Lipinski definition) is 3. The fourth-order valence-corrected chi connectivity index (χ4v) is 2.07. The molecule has 2 N–H and O–H groups in total. The van der Waals surface area contributed by atoms with Crippen LogP contribution in [0, 0.1) is 5.92 Å². The topological polar surface area (TPSA) is 38.5 Å². The van der Waals surface area contributed by atoms with Crippen LogP contribution in [0.2, 0.25) is 0 Å². The van der Waals surface area contributed by atoms with Crippen molar-refractivity contribution in [2.24, 2.45) is 11.7 Å². The first-order chi connectivity index (χ1) is 7.22. The number of nitrogens with two attached hydrogens (primary N) is 1. The quantitative estimate of drug-likeness (QED) is 0.728. The van der Waals surface area contributed by atoms with E-state index in [1.165, 1.54) is 12.8 Å². The van der Waals surface area contributed by atoms with Crippen molar-refractivity contribution in [3.63, 3.8) is 0 Å².